The smallest absolute Gasteiger partial charge is 0.268 e. The van der Waals surface area contributed by atoms with Gasteiger partial charge < -0.3 is 13.9 Å². The molecule has 0 unspecified atom stereocenters. The van der Waals surface area contributed by atoms with Crippen molar-refractivity contribution in [2.45, 2.75) is 167 Å². The van der Waals surface area contributed by atoms with Crippen molar-refractivity contribution in [2.24, 2.45) is 0 Å². The first-order chi connectivity index (χ1) is 40.3. The first-order valence-corrected chi connectivity index (χ1v) is 31.0. The van der Waals surface area contributed by atoms with Gasteiger partial charge in [0, 0.05) is 44.3 Å². The minimum absolute atomic E-state index is 0. The Bertz CT molecular complexity index is 4470. The van der Waals surface area contributed by atoms with Gasteiger partial charge in [0.2, 0.25) is 0 Å². The van der Waals surface area contributed by atoms with E-state index in [1.807, 2.05) is 12.3 Å². The monoisotopic (exact) mass is 1310 g/mol. The molecule has 86 heavy (non-hydrogen) atoms. The maximum absolute atomic E-state index is 7.49. The first kappa shape index (κ1) is 57.7. The summed E-state index contributed by atoms with van der Waals surface area (Å²) in [6.07, 6.45) is 10.6. The minimum Gasteiger partial charge on any atom is -0.509 e. The molecule has 0 saturated heterocycles. The second-order valence-corrected chi connectivity index (χ2v) is 29.7. The summed E-state index contributed by atoms with van der Waals surface area (Å²) in [6.45, 7) is 35.6. The number of benzene rings is 8. The molecule has 6 heteroatoms. The fraction of sp³-hybridized carbons (Fsp3) is 0.325. The number of para-hydroxylation sites is 4. The van der Waals surface area contributed by atoms with Crippen molar-refractivity contribution in [3.05, 3.63) is 232 Å². The van der Waals surface area contributed by atoms with Crippen LogP contribution in [0.15, 0.2) is 164 Å². The summed E-state index contributed by atoms with van der Waals surface area (Å²) in [4.78, 5) is 5.10. The van der Waals surface area contributed by atoms with Crippen LogP contribution in [0.3, 0.4) is 0 Å². The summed E-state index contributed by atoms with van der Waals surface area (Å²) in [5, 5.41) is 2.35. The molecule has 5 nitrogen and oxygen atoms in total. The predicted molar refractivity (Wildman–Crippen MR) is 351 cm³/mol. The van der Waals surface area contributed by atoms with E-state index in [1.54, 1.807) is 0 Å². The van der Waals surface area contributed by atoms with Crippen LogP contribution in [0.2, 0.25) is 0 Å². The molecule has 8 aromatic carbocycles. The Morgan fingerprint density at radius 2 is 1.05 bits per heavy atom. The van der Waals surface area contributed by atoms with Crippen LogP contribution in [0.25, 0.3) is 72.3 Å². The molecule has 3 aromatic heterocycles. The Kier molecular flexibility index (Phi) is 13.3. The largest absolute Gasteiger partial charge is 0.509 e. The molecule has 11 aromatic rings. The molecule has 0 atom stereocenters. The van der Waals surface area contributed by atoms with E-state index in [2.05, 4.69) is 288 Å². The van der Waals surface area contributed by atoms with E-state index in [0.717, 1.165) is 57.7 Å². The molecule has 0 saturated carbocycles. The molecule has 0 N–H and O–H groups in total. The van der Waals surface area contributed by atoms with Gasteiger partial charge in [-0.05, 0) is 154 Å². The number of hydrogen-bond donors (Lipinski definition) is 0. The second kappa shape index (κ2) is 19.8. The third-order valence-electron chi connectivity index (χ3n) is 20.6. The molecule has 3 aliphatic rings. The van der Waals surface area contributed by atoms with Crippen molar-refractivity contribution in [2.75, 3.05) is 0 Å². The van der Waals surface area contributed by atoms with Gasteiger partial charge in [-0.2, -0.15) is 12.1 Å². The average molecular weight is 1310 g/mol. The van der Waals surface area contributed by atoms with Crippen molar-refractivity contribution < 1.29 is 30.4 Å². The number of hydrogen-bond acceptors (Lipinski definition) is 2. The number of fused-ring (bicyclic) bond motifs is 9. The molecule has 0 spiro atoms. The van der Waals surface area contributed by atoms with E-state index >= 15 is 0 Å². The number of ether oxygens (including phenoxy) is 1. The van der Waals surface area contributed by atoms with E-state index in [9.17, 15) is 0 Å². The summed E-state index contributed by atoms with van der Waals surface area (Å²) in [5.74, 6) is 2.13. The van der Waals surface area contributed by atoms with Gasteiger partial charge in [0.25, 0.3) is 6.33 Å². The Labute approximate surface area is 524 Å². The molecular weight excluding hydrogens is 1230 g/mol. The molecule has 14 rings (SSSR count). The van der Waals surface area contributed by atoms with Gasteiger partial charge in [0.15, 0.2) is 0 Å². The molecule has 0 amide bonds. The third kappa shape index (κ3) is 8.93. The van der Waals surface area contributed by atoms with Crippen molar-refractivity contribution in [3.8, 4) is 50.9 Å². The first-order valence-electron chi connectivity index (χ1n) is 31.0. The average Bonchev–Trinajstić information content (AvgIpc) is 1.33. The Morgan fingerprint density at radius 1 is 0.512 bits per heavy atom. The summed E-state index contributed by atoms with van der Waals surface area (Å²) in [5.41, 5.74) is 22.1. The molecular formula is C80H80N4OPt-2. The zero-order valence-corrected chi connectivity index (χ0v) is 55.2. The van der Waals surface area contributed by atoms with Gasteiger partial charge in [-0.1, -0.05) is 242 Å². The quantitative estimate of drug-likeness (QED) is 0.118. The molecule has 0 fully saturated rings. The van der Waals surface area contributed by atoms with Gasteiger partial charge in [-0.15, -0.1) is 23.8 Å². The van der Waals surface area contributed by atoms with E-state index in [4.69, 9.17) is 9.72 Å². The van der Waals surface area contributed by atoms with Gasteiger partial charge in [-0.25, -0.2) is 4.98 Å². The molecule has 0 bridgehead atoms. The standard InChI is InChI=1S/C80H80N4O.Pt/c1-74(2,3)52-38-43-81-69(46-52)84-64-31-19-16-26-57(64)70-67(84)48-68(71-72(70)80(14,15)61-30-18-17-29-60(61)79(71,12)13)85-54-25-22-24-53(47-54)82-49-83(66-33-21-20-32-65(66)82)73-55(50-34-36-58-62(44-50)77(8,9)41-39-75(58,4)5)27-23-28-56(73)51-35-37-59-63(45-51)78(10,11)42-40-76(59,6)7;/h16-38,43-46H,39-42H2,1-15H3;/q-2;. The predicted octanol–water partition coefficient (Wildman–Crippen LogP) is 19.9. The topological polar surface area (TPSA) is 35.9 Å². The van der Waals surface area contributed by atoms with E-state index in [0.29, 0.717) is 11.5 Å². The Morgan fingerprint density at radius 3 is 1.65 bits per heavy atom. The number of pyridine rings is 1. The fourth-order valence-corrected chi connectivity index (χ4v) is 15.3. The van der Waals surface area contributed by atoms with Gasteiger partial charge >= 0.3 is 0 Å². The molecule has 438 valence electrons. The Balaban J connectivity index is 0.00000686. The van der Waals surface area contributed by atoms with Gasteiger partial charge in [-0.3, -0.25) is 4.57 Å². The number of nitrogens with zero attached hydrogens (tertiary/aromatic N) is 4. The van der Waals surface area contributed by atoms with Crippen LogP contribution < -0.4 is 9.30 Å². The van der Waals surface area contributed by atoms with Crippen molar-refractivity contribution >= 4 is 32.8 Å². The normalized spacial score (nSPS) is 17.5. The summed E-state index contributed by atoms with van der Waals surface area (Å²) in [6, 6.07) is 66.6. The summed E-state index contributed by atoms with van der Waals surface area (Å²) >= 11 is 0. The van der Waals surface area contributed by atoms with Crippen molar-refractivity contribution in [1.82, 2.24) is 14.1 Å². The van der Waals surface area contributed by atoms with E-state index in [-0.39, 0.29) is 48.1 Å². The van der Waals surface area contributed by atoms with Crippen LogP contribution in [-0.2, 0) is 59.0 Å². The van der Waals surface area contributed by atoms with Crippen LogP contribution in [0.4, 0.5) is 0 Å². The van der Waals surface area contributed by atoms with Gasteiger partial charge in [0.1, 0.15) is 5.82 Å². The number of aromatic nitrogens is 4. The van der Waals surface area contributed by atoms with E-state index in [1.165, 1.54) is 90.4 Å². The molecule has 0 radical (unpaired) electrons. The number of rotatable bonds is 7. The van der Waals surface area contributed by atoms with Crippen LogP contribution in [0, 0.1) is 18.5 Å². The van der Waals surface area contributed by atoms with Crippen LogP contribution in [0.5, 0.6) is 11.5 Å². The Hall–Kier alpha value is -7.33. The van der Waals surface area contributed by atoms with Crippen LogP contribution >= 0.6 is 0 Å². The van der Waals surface area contributed by atoms with E-state index < -0.39 is 10.8 Å². The summed E-state index contributed by atoms with van der Waals surface area (Å²) < 4.78 is 14.3. The summed E-state index contributed by atoms with van der Waals surface area (Å²) in [7, 11) is 0. The van der Waals surface area contributed by atoms with Crippen molar-refractivity contribution in [1.29, 1.82) is 0 Å². The fourth-order valence-electron chi connectivity index (χ4n) is 15.3. The third-order valence-corrected chi connectivity index (χ3v) is 20.6. The molecule has 3 heterocycles. The van der Waals surface area contributed by atoms with Crippen LogP contribution in [-0.4, -0.2) is 14.1 Å². The zero-order chi connectivity index (χ0) is 59.5. The SMILES string of the molecule is CC(C)(C)c1ccnc(-n2c3[c-]c(Oc4[c-]c(-n5[c-][n+](-c6c(-c7ccc8c(c7)C(C)(C)CCC8(C)C)cccc6-c6ccc7c(c6)C(C)(C)CCC7(C)C)c6ccccc65)ccc4)c4c(c3c3ccccc32)C(C)(C)c2ccccc2C4(C)C)c1.[Pt]. The molecule has 3 aliphatic carbocycles. The van der Waals surface area contributed by atoms with Gasteiger partial charge in [0.05, 0.1) is 16.7 Å². The molecule has 0 aliphatic heterocycles. The second-order valence-electron chi connectivity index (χ2n) is 29.7. The maximum Gasteiger partial charge on any atom is 0.268 e. The minimum atomic E-state index is -0.457. The number of imidazole rings is 1. The van der Waals surface area contributed by atoms with Crippen LogP contribution in [0.1, 0.15) is 180 Å². The van der Waals surface area contributed by atoms with Crippen molar-refractivity contribution in [3.63, 3.8) is 0 Å². The zero-order valence-electron chi connectivity index (χ0n) is 52.9. The maximum atomic E-state index is 7.49.